The number of hydrogen-bond acceptors (Lipinski definition) is 8. The molecule has 0 aliphatic heterocycles. The van der Waals surface area contributed by atoms with Gasteiger partial charge in [0.25, 0.3) is 0 Å². The molecule has 0 saturated heterocycles. The van der Waals surface area contributed by atoms with Crippen molar-refractivity contribution in [3.8, 4) is 0 Å². The number of rotatable bonds is 8. The Kier molecular flexibility index (Phi) is 7.98. The van der Waals surface area contributed by atoms with Crippen LogP contribution < -0.4 is 10.6 Å². The van der Waals surface area contributed by atoms with E-state index in [1.54, 1.807) is 24.5 Å². The summed E-state index contributed by atoms with van der Waals surface area (Å²) in [4.78, 5) is 32.9. The van der Waals surface area contributed by atoms with Crippen molar-refractivity contribution in [2.24, 2.45) is 0 Å². The zero-order valence-electron chi connectivity index (χ0n) is 20.8. The molecule has 10 heteroatoms. The maximum atomic E-state index is 12.3. The van der Waals surface area contributed by atoms with E-state index in [-0.39, 0.29) is 36.5 Å². The van der Waals surface area contributed by atoms with Gasteiger partial charge in [-0.25, -0.2) is 0 Å². The average molecular weight is 509 g/mol. The number of amides is 2. The molecule has 1 saturated carbocycles. The predicted molar refractivity (Wildman–Crippen MR) is 141 cm³/mol. The monoisotopic (exact) mass is 508 g/mol. The topological polar surface area (TPSA) is 136 Å². The third-order valence-electron chi connectivity index (χ3n) is 6.55. The molecule has 0 radical (unpaired) electrons. The Balaban J connectivity index is 1.14. The minimum Gasteiger partial charge on any atom is -0.309 e. The van der Waals surface area contributed by atoms with Gasteiger partial charge in [0.15, 0.2) is 11.6 Å². The Bertz CT molecular complexity index is 1240. The lowest BCUT2D eigenvalue weighted by Gasteiger charge is -2.28. The summed E-state index contributed by atoms with van der Waals surface area (Å²) in [5.41, 5.74) is 3.21. The third kappa shape index (κ3) is 6.78. The first-order chi connectivity index (χ1) is 18.6. The van der Waals surface area contributed by atoms with E-state index >= 15 is 0 Å². The predicted octanol–water partition coefficient (Wildman–Crippen LogP) is 3.86. The Morgan fingerprint density at radius 3 is 1.55 bits per heavy atom. The van der Waals surface area contributed by atoms with Gasteiger partial charge >= 0.3 is 0 Å². The summed E-state index contributed by atoms with van der Waals surface area (Å²) in [7, 11) is 0. The zero-order chi connectivity index (χ0) is 26.2. The molecular formula is C28H28N8O2. The van der Waals surface area contributed by atoms with Crippen molar-refractivity contribution in [3.63, 3.8) is 0 Å². The van der Waals surface area contributed by atoms with Crippen LogP contribution in [0.3, 0.4) is 0 Å². The number of hydrogen-bond donors (Lipinski definition) is 2. The summed E-state index contributed by atoms with van der Waals surface area (Å²) in [6.07, 6.45) is 7.67. The van der Waals surface area contributed by atoms with E-state index in [9.17, 15) is 9.59 Å². The van der Waals surface area contributed by atoms with Crippen molar-refractivity contribution in [1.82, 2.24) is 30.4 Å². The highest BCUT2D eigenvalue weighted by Crippen LogP contribution is 2.40. The maximum absolute atomic E-state index is 12.3. The standard InChI is InChI=1S/C28H28N8O2/c37-27(17-21-8-1-3-14-29-21)31-25-12-10-23(33-35-25)19-6-5-7-20(16-19)24-11-13-26(36-34-24)32-28(38)18-22-9-2-4-15-30-22/h1-4,8-15,19-20H,5-7,16-18H2,(H,31,35,37)(H,32,36,38)/t19-,20-/m1/s1. The van der Waals surface area contributed by atoms with Crippen molar-refractivity contribution in [2.45, 2.75) is 50.4 Å². The van der Waals surface area contributed by atoms with Crippen LogP contribution in [0, 0.1) is 0 Å². The highest BCUT2D eigenvalue weighted by atomic mass is 16.2. The minimum atomic E-state index is -0.182. The van der Waals surface area contributed by atoms with E-state index in [1.165, 1.54) is 0 Å². The van der Waals surface area contributed by atoms with Gasteiger partial charge in [0.1, 0.15) is 0 Å². The molecule has 4 aromatic rings. The summed E-state index contributed by atoms with van der Waals surface area (Å²) < 4.78 is 0. The van der Waals surface area contributed by atoms with Crippen molar-refractivity contribution in [3.05, 3.63) is 95.8 Å². The Hall–Kier alpha value is -4.60. The lowest BCUT2D eigenvalue weighted by Crippen LogP contribution is -2.19. The molecule has 4 aromatic heterocycles. The number of pyridine rings is 2. The third-order valence-corrected chi connectivity index (χ3v) is 6.55. The summed E-state index contributed by atoms with van der Waals surface area (Å²) in [6, 6.07) is 18.4. The van der Waals surface area contributed by atoms with Gasteiger partial charge in [-0.1, -0.05) is 18.6 Å². The van der Waals surface area contributed by atoms with Crippen LogP contribution in [0.5, 0.6) is 0 Å². The van der Waals surface area contributed by atoms with Crippen LogP contribution in [0.1, 0.15) is 60.3 Å². The highest BCUT2D eigenvalue weighted by Gasteiger charge is 2.27. The van der Waals surface area contributed by atoms with E-state index in [4.69, 9.17) is 0 Å². The quantitative estimate of drug-likeness (QED) is 0.366. The maximum Gasteiger partial charge on any atom is 0.231 e. The fourth-order valence-corrected chi connectivity index (χ4v) is 4.69. The van der Waals surface area contributed by atoms with Crippen molar-refractivity contribution >= 4 is 23.5 Å². The molecule has 0 spiro atoms. The molecule has 1 fully saturated rings. The van der Waals surface area contributed by atoms with Gasteiger partial charge in [-0.15, -0.1) is 10.2 Å². The number of carbonyl (C=O) groups excluding carboxylic acids is 2. The molecule has 4 heterocycles. The van der Waals surface area contributed by atoms with Gasteiger partial charge in [0.2, 0.25) is 11.8 Å². The van der Waals surface area contributed by atoms with Crippen LogP contribution in [-0.2, 0) is 22.4 Å². The van der Waals surface area contributed by atoms with E-state index in [2.05, 4.69) is 41.0 Å². The second-order valence-corrected chi connectivity index (χ2v) is 9.34. The first-order valence-corrected chi connectivity index (χ1v) is 12.7. The molecule has 10 nitrogen and oxygen atoms in total. The minimum absolute atomic E-state index is 0.182. The van der Waals surface area contributed by atoms with Crippen LogP contribution in [0.2, 0.25) is 0 Å². The number of nitrogens with one attached hydrogen (secondary N) is 2. The van der Waals surface area contributed by atoms with Crippen molar-refractivity contribution in [2.75, 3.05) is 10.6 Å². The molecule has 2 atom stereocenters. The second kappa shape index (κ2) is 12.1. The number of anilines is 2. The van der Waals surface area contributed by atoms with Gasteiger partial charge in [-0.3, -0.25) is 19.6 Å². The van der Waals surface area contributed by atoms with Crippen LogP contribution in [-0.4, -0.2) is 42.2 Å². The molecule has 0 bridgehead atoms. The summed E-state index contributed by atoms with van der Waals surface area (Å²) in [6.45, 7) is 0. The fraction of sp³-hybridized carbons (Fsp3) is 0.286. The van der Waals surface area contributed by atoms with E-state index in [1.807, 2.05) is 48.5 Å². The summed E-state index contributed by atoms with van der Waals surface area (Å²) in [5.74, 6) is 0.983. The first kappa shape index (κ1) is 25.1. The van der Waals surface area contributed by atoms with Crippen molar-refractivity contribution < 1.29 is 9.59 Å². The lowest BCUT2D eigenvalue weighted by atomic mass is 9.78. The Morgan fingerprint density at radius 1 is 0.658 bits per heavy atom. The molecule has 38 heavy (non-hydrogen) atoms. The lowest BCUT2D eigenvalue weighted by molar-refractivity contribution is -0.116. The van der Waals surface area contributed by atoms with Crippen LogP contribution in [0.4, 0.5) is 11.6 Å². The number of nitrogens with zero attached hydrogens (tertiary/aromatic N) is 6. The molecular weight excluding hydrogens is 480 g/mol. The van der Waals surface area contributed by atoms with Gasteiger partial charge in [-0.05, 0) is 67.8 Å². The Labute approximate surface area is 220 Å². The summed E-state index contributed by atoms with van der Waals surface area (Å²) >= 11 is 0. The van der Waals surface area contributed by atoms with Crippen molar-refractivity contribution in [1.29, 1.82) is 0 Å². The van der Waals surface area contributed by atoms with Crippen LogP contribution >= 0.6 is 0 Å². The molecule has 5 rings (SSSR count). The fourth-order valence-electron chi connectivity index (χ4n) is 4.69. The average Bonchev–Trinajstić information content (AvgIpc) is 2.95. The SMILES string of the molecule is O=C(Cc1ccccn1)Nc1ccc([C@@H]2CCC[C@@H](c3ccc(NC(=O)Cc4ccccn4)nn3)C2)nn1. The van der Waals surface area contributed by atoms with Gasteiger partial charge in [0, 0.05) is 35.6 Å². The molecule has 1 aliphatic rings. The normalized spacial score (nSPS) is 16.9. The largest absolute Gasteiger partial charge is 0.309 e. The van der Waals surface area contributed by atoms with E-state index < -0.39 is 0 Å². The van der Waals surface area contributed by atoms with Crippen LogP contribution in [0.15, 0.2) is 73.1 Å². The molecule has 0 aromatic carbocycles. The molecule has 2 N–H and O–H groups in total. The number of carbonyl (C=O) groups is 2. The first-order valence-electron chi connectivity index (χ1n) is 12.7. The Morgan fingerprint density at radius 2 is 1.16 bits per heavy atom. The highest BCUT2D eigenvalue weighted by molar-refractivity contribution is 5.91. The molecule has 2 amide bonds. The van der Waals surface area contributed by atoms with Gasteiger partial charge in [-0.2, -0.15) is 10.2 Å². The summed E-state index contributed by atoms with van der Waals surface area (Å²) in [5, 5.41) is 22.8. The molecule has 1 aliphatic carbocycles. The molecule has 192 valence electrons. The van der Waals surface area contributed by atoms with E-state index in [0.717, 1.165) is 37.1 Å². The smallest absolute Gasteiger partial charge is 0.231 e. The van der Waals surface area contributed by atoms with Gasteiger partial charge in [0.05, 0.1) is 24.2 Å². The molecule has 0 unspecified atom stereocenters. The second-order valence-electron chi connectivity index (χ2n) is 9.34. The zero-order valence-corrected chi connectivity index (χ0v) is 20.8. The number of aromatic nitrogens is 6. The van der Waals surface area contributed by atoms with Crippen LogP contribution in [0.25, 0.3) is 0 Å². The van der Waals surface area contributed by atoms with Gasteiger partial charge < -0.3 is 10.6 Å². The van der Waals surface area contributed by atoms with E-state index in [0.29, 0.717) is 23.0 Å².